The fourth-order valence-corrected chi connectivity index (χ4v) is 8.48. The van der Waals surface area contributed by atoms with Gasteiger partial charge < -0.3 is 19.1 Å². The predicted molar refractivity (Wildman–Crippen MR) is 164 cm³/mol. The van der Waals surface area contributed by atoms with E-state index in [1.165, 1.54) is 23.8 Å². The summed E-state index contributed by atoms with van der Waals surface area (Å²) >= 11 is 1.39. The molecule has 2 aliphatic heterocycles. The van der Waals surface area contributed by atoms with Crippen LogP contribution in [0.25, 0.3) is 0 Å². The van der Waals surface area contributed by atoms with Crippen LogP contribution in [0.15, 0.2) is 103 Å². The number of β-lactam (4-membered cyclic amide) rings is 1. The Kier molecular flexibility index (Phi) is 7.84. The Morgan fingerprint density at radius 1 is 0.886 bits per heavy atom. The summed E-state index contributed by atoms with van der Waals surface area (Å²) in [6, 6.07) is 27.1. The van der Waals surface area contributed by atoms with Gasteiger partial charge in [-0.25, -0.2) is 9.59 Å². The van der Waals surface area contributed by atoms with Crippen molar-refractivity contribution in [2.24, 2.45) is 11.3 Å². The summed E-state index contributed by atoms with van der Waals surface area (Å²) < 4.78 is 16.2. The van der Waals surface area contributed by atoms with Gasteiger partial charge in [0.05, 0.1) is 24.0 Å². The minimum Gasteiger partial charge on any atom is -0.469 e. The van der Waals surface area contributed by atoms with E-state index in [0.29, 0.717) is 0 Å². The molecule has 6 rings (SSSR count). The molecule has 2 heterocycles. The second kappa shape index (κ2) is 11.6. The van der Waals surface area contributed by atoms with Crippen LogP contribution < -0.4 is 0 Å². The topological polar surface area (TPSA) is 99.2 Å². The highest BCUT2D eigenvalue weighted by molar-refractivity contribution is 8.01. The van der Waals surface area contributed by atoms with Gasteiger partial charge >= 0.3 is 17.9 Å². The summed E-state index contributed by atoms with van der Waals surface area (Å²) in [6.45, 7) is 3.77. The number of fused-ring (bicyclic) bond motifs is 2. The molecule has 0 bridgehead atoms. The van der Waals surface area contributed by atoms with Crippen LogP contribution in [0.3, 0.4) is 0 Å². The molecule has 0 aromatic heterocycles. The number of ether oxygens (including phenoxy) is 3. The number of thioether (sulfide) groups is 1. The molecule has 2 saturated heterocycles. The minimum atomic E-state index is -1.50. The number of carbonyl (C=O) groups excluding carboxylic acids is 4. The summed E-state index contributed by atoms with van der Waals surface area (Å²) in [5.41, 5.74) is 1.03. The molecule has 0 saturated carbocycles. The molecule has 3 aromatic rings. The first-order valence-electron chi connectivity index (χ1n) is 14.5. The number of esters is 3. The number of hydrogen-bond donors (Lipinski definition) is 0. The molecular weight excluding hydrogens is 578 g/mol. The Bertz CT molecular complexity index is 1570. The molecule has 226 valence electrons. The van der Waals surface area contributed by atoms with E-state index in [2.05, 4.69) is 0 Å². The van der Waals surface area contributed by atoms with Crippen LogP contribution in [-0.4, -0.2) is 52.0 Å². The molecule has 44 heavy (non-hydrogen) atoms. The standard InChI is InChI=1S/C35H33NO7S/c1-34(2)28(31(39)43-27(23-15-9-5-10-16-23)24-17-11-6-12-18-24)36-32(40)35(33(36)44-34)25(29(37)41-3)19-20-26(35)30(38)42-21-22-13-7-4-8-14-22/h4-18,20,25,27-28,33H,19,21H2,1-3H3/t25-,28+,33-,35+/m1/s1. The van der Waals surface area contributed by atoms with E-state index in [4.69, 9.17) is 14.2 Å². The molecule has 2 fully saturated rings. The molecule has 9 heteroatoms. The van der Waals surface area contributed by atoms with Gasteiger partial charge in [-0.1, -0.05) is 97.1 Å². The molecular formula is C35H33NO7S. The van der Waals surface area contributed by atoms with Crippen LogP contribution in [0.4, 0.5) is 0 Å². The van der Waals surface area contributed by atoms with Crippen LogP contribution in [0.2, 0.25) is 0 Å². The van der Waals surface area contributed by atoms with E-state index in [1.54, 1.807) is 6.08 Å². The van der Waals surface area contributed by atoms with Gasteiger partial charge in [-0.3, -0.25) is 9.59 Å². The normalized spacial score (nSPS) is 24.8. The fourth-order valence-electron chi connectivity index (χ4n) is 6.66. The summed E-state index contributed by atoms with van der Waals surface area (Å²) in [7, 11) is 1.27. The first kappa shape index (κ1) is 29.7. The van der Waals surface area contributed by atoms with Crippen LogP contribution in [0, 0.1) is 11.3 Å². The van der Waals surface area contributed by atoms with Crippen LogP contribution >= 0.6 is 11.8 Å². The molecule has 0 N–H and O–H groups in total. The highest BCUT2D eigenvalue weighted by Crippen LogP contribution is 2.66. The van der Waals surface area contributed by atoms with Crippen LogP contribution in [-0.2, 0) is 40.0 Å². The average molecular weight is 612 g/mol. The molecule has 0 radical (unpaired) electrons. The number of nitrogens with zero attached hydrogens (tertiary/aromatic N) is 1. The number of allylic oxidation sites excluding steroid dienone is 1. The Morgan fingerprint density at radius 2 is 1.45 bits per heavy atom. The maximum atomic E-state index is 14.4. The predicted octanol–water partition coefficient (Wildman–Crippen LogP) is 5.23. The summed E-state index contributed by atoms with van der Waals surface area (Å²) in [5.74, 6) is -3.20. The molecule has 8 nitrogen and oxygen atoms in total. The number of rotatable bonds is 8. The lowest BCUT2D eigenvalue weighted by Crippen LogP contribution is -2.72. The third-order valence-corrected chi connectivity index (χ3v) is 10.4. The van der Waals surface area contributed by atoms with Gasteiger partial charge in [-0.15, -0.1) is 11.8 Å². The van der Waals surface area contributed by atoms with Crippen molar-refractivity contribution in [3.63, 3.8) is 0 Å². The lowest BCUT2D eigenvalue weighted by atomic mass is 9.65. The van der Waals surface area contributed by atoms with Crippen molar-refractivity contribution < 1.29 is 33.4 Å². The van der Waals surface area contributed by atoms with Crippen LogP contribution in [0.1, 0.15) is 43.1 Å². The van der Waals surface area contributed by atoms with Gasteiger partial charge in [0.15, 0.2) is 6.10 Å². The SMILES string of the molecule is COC(=O)[C@H]1CC=C(C(=O)OCc2ccccc2)[C@]12C(=O)N1[C@@H](C(=O)OC(c3ccccc3)c3ccccc3)C(C)(C)S[C@@H]12. The van der Waals surface area contributed by atoms with Gasteiger partial charge in [0, 0.05) is 4.75 Å². The summed E-state index contributed by atoms with van der Waals surface area (Å²) in [6.07, 6.45) is 1.08. The molecule has 0 unspecified atom stereocenters. The molecule has 1 spiro atoms. The van der Waals surface area contributed by atoms with E-state index >= 15 is 0 Å². The lowest BCUT2D eigenvalue weighted by Gasteiger charge is -2.54. The zero-order chi connectivity index (χ0) is 31.1. The van der Waals surface area contributed by atoms with Gasteiger partial charge in [-0.2, -0.15) is 0 Å². The second-order valence-corrected chi connectivity index (χ2v) is 13.4. The van der Waals surface area contributed by atoms with E-state index in [9.17, 15) is 19.2 Å². The number of methoxy groups -OCH3 is 1. The Balaban J connectivity index is 1.30. The van der Waals surface area contributed by atoms with E-state index < -0.39 is 57.4 Å². The second-order valence-electron chi connectivity index (χ2n) is 11.7. The first-order chi connectivity index (χ1) is 21.2. The smallest absolute Gasteiger partial charge is 0.335 e. The Morgan fingerprint density at radius 3 is 2.02 bits per heavy atom. The van der Waals surface area contributed by atoms with Gasteiger partial charge in [0.2, 0.25) is 5.91 Å². The monoisotopic (exact) mass is 611 g/mol. The Hall–Kier alpha value is -4.37. The van der Waals surface area contributed by atoms with Crippen molar-refractivity contribution in [3.8, 4) is 0 Å². The van der Waals surface area contributed by atoms with Crippen molar-refractivity contribution in [1.82, 2.24) is 4.90 Å². The molecule has 1 amide bonds. The zero-order valence-electron chi connectivity index (χ0n) is 24.7. The lowest BCUT2D eigenvalue weighted by molar-refractivity contribution is -0.183. The number of hydrogen-bond acceptors (Lipinski definition) is 8. The first-order valence-corrected chi connectivity index (χ1v) is 15.4. The molecule has 4 atom stereocenters. The van der Waals surface area contributed by atoms with E-state index in [0.717, 1.165) is 16.7 Å². The average Bonchev–Trinajstić information content (AvgIpc) is 3.59. The molecule has 3 aromatic carbocycles. The number of amides is 1. The third kappa shape index (κ3) is 4.79. The number of carbonyl (C=O) groups is 4. The summed E-state index contributed by atoms with van der Waals surface area (Å²) in [5, 5.41) is -0.670. The third-order valence-electron chi connectivity index (χ3n) is 8.72. The van der Waals surface area contributed by atoms with Crippen molar-refractivity contribution in [1.29, 1.82) is 0 Å². The maximum absolute atomic E-state index is 14.4. The summed E-state index contributed by atoms with van der Waals surface area (Å²) in [4.78, 5) is 56.5. The highest BCUT2D eigenvalue weighted by Gasteiger charge is 2.78. The maximum Gasteiger partial charge on any atom is 0.335 e. The van der Waals surface area contributed by atoms with Crippen LogP contribution in [0.5, 0.6) is 0 Å². The fraction of sp³-hybridized carbons (Fsp3) is 0.314. The van der Waals surface area contributed by atoms with Gasteiger partial charge in [0.1, 0.15) is 18.1 Å². The number of benzene rings is 3. The van der Waals surface area contributed by atoms with Gasteiger partial charge in [-0.05, 0) is 37.0 Å². The largest absolute Gasteiger partial charge is 0.469 e. The van der Waals surface area contributed by atoms with Crippen molar-refractivity contribution in [3.05, 3.63) is 119 Å². The van der Waals surface area contributed by atoms with Crippen molar-refractivity contribution >= 4 is 35.6 Å². The van der Waals surface area contributed by atoms with E-state index in [1.807, 2.05) is 105 Å². The van der Waals surface area contributed by atoms with Gasteiger partial charge in [0.25, 0.3) is 0 Å². The van der Waals surface area contributed by atoms with Crippen molar-refractivity contribution in [2.45, 2.75) is 49.1 Å². The molecule has 3 aliphatic rings. The minimum absolute atomic E-state index is 0.0203. The highest BCUT2D eigenvalue weighted by atomic mass is 32.2. The zero-order valence-corrected chi connectivity index (χ0v) is 25.5. The Labute approximate surface area is 260 Å². The molecule has 1 aliphatic carbocycles. The van der Waals surface area contributed by atoms with E-state index in [-0.39, 0.29) is 18.6 Å². The quantitative estimate of drug-likeness (QED) is 0.194. The van der Waals surface area contributed by atoms with Crippen molar-refractivity contribution in [2.75, 3.05) is 7.11 Å².